The molecule has 1 heterocycles. The topological polar surface area (TPSA) is 32.5 Å². The summed E-state index contributed by atoms with van der Waals surface area (Å²) < 4.78 is 0. The van der Waals surface area contributed by atoms with Crippen LogP contribution in [0.2, 0.25) is 0 Å². The maximum atomic E-state index is 6.00. The van der Waals surface area contributed by atoms with Crippen LogP contribution in [0.5, 0.6) is 0 Å². The van der Waals surface area contributed by atoms with Crippen LogP contribution in [-0.2, 0) is 0 Å². The van der Waals surface area contributed by atoms with Crippen LogP contribution in [0, 0.1) is 5.92 Å². The molecule has 0 spiro atoms. The number of rotatable bonds is 5. The maximum Gasteiger partial charge on any atom is 0.0245 e. The smallest absolute Gasteiger partial charge is 0.0245 e. The molecule has 0 radical (unpaired) electrons. The molecule has 0 saturated carbocycles. The summed E-state index contributed by atoms with van der Waals surface area (Å²) in [5, 5.41) is 0. The summed E-state index contributed by atoms with van der Waals surface area (Å²) >= 11 is 0. The Morgan fingerprint density at radius 2 is 1.67 bits per heavy atom. The molecule has 1 aliphatic rings. The summed E-state index contributed by atoms with van der Waals surface area (Å²) in [7, 11) is 0. The van der Waals surface area contributed by atoms with Crippen molar-refractivity contribution in [2.24, 2.45) is 11.7 Å². The first-order valence-electron chi connectivity index (χ1n) is 7.59. The summed E-state index contributed by atoms with van der Waals surface area (Å²) in [6.07, 6.45) is 2.56. The third-order valence-corrected chi connectivity index (χ3v) is 4.37. The first-order chi connectivity index (χ1) is 8.40. The Hall–Kier alpha value is -0.120. The van der Waals surface area contributed by atoms with Gasteiger partial charge in [0.1, 0.15) is 0 Å². The molecule has 2 atom stereocenters. The lowest BCUT2D eigenvalue weighted by Gasteiger charge is -2.45. The second kappa shape index (κ2) is 6.88. The average molecular weight is 255 g/mol. The average Bonchev–Trinajstić information content (AvgIpc) is 2.30. The van der Waals surface area contributed by atoms with Crippen molar-refractivity contribution in [2.45, 2.75) is 59.0 Å². The van der Waals surface area contributed by atoms with Crippen molar-refractivity contribution in [3.8, 4) is 0 Å². The molecule has 1 fully saturated rings. The van der Waals surface area contributed by atoms with E-state index in [0.717, 1.165) is 12.5 Å². The van der Waals surface area contributed by atoms with E-state index >= 15 is 0 Å². The minimum atomic E-state index is 0.305. The number of piperazine rings is 1. The van der Waals surface area contributed by atoms with Crippen LogP contribution in [0.25, 0.3) is 0 Å². The third-order valence-electron chi connectivity index (χ3n) is 4.37. The van der Waals surface area contributed by atoms with Crippen LogP contribution in [0.1, 0.15) is 47.5 Å². The van der Waals surface area contributed by atoms with E-state index in [1.54, 1.807) is 0 Å². The molecule has 2 unspecified atom stereocenters. The quantitative estimate of drug-likeness (QED) is 0.817. The molecule has 1 rings (SSSR count). The molecule has 2 N–H and O–H groups in total. The van der Waals surface area contributed by atoms with Gasteiger partial charge in [-0.2, -0.15) is 0 Å². The Balaban J connectivity index is 2.50. The van der Waals surface area contributed by atoms with E-state index in [9.17, 15) is 0 Å². The van der Waals surface area contributed by atoms with Gasteiger partial charge in [0.25, 0.3) is 0 Å². The van der Waals surface area contributed by atoms with Gasteiger partial charge in [-0.1, -0.05) is 20.3 Å². The molecular weight excluding hydrogens is 222 g/mol. The molecule has 3 nitrogen and oxygen atoms in total. The molecule has 1 aliphatic heterocycles. The van der Waals surface area contributed by atoms with Gasteiger partial charge in [-0.05, 0) is 33.1 Å². The lowest BCUT2D eigenvalue weighted by Crippen LogP contribution is -2.58. The minimum absolute atomic E-state index is 0.305. The molecule has 0 bridgehead atoms. The van der Waals surface area contributed by atoms with Gasteiger partial charge >= 0.3 is 0 Å². The number of nitrogens with two attached hydrogens (primary N) is 1. The van der Waals surface area contributed by atoms with Crippen molar-refractivity contribution in [3.63, 3.8) is 0 Å². The highest BCUT2D eigenvalue weighted by Gasteiger charge is 2.30. The summed E-state index contributed by atoms with van der Waals surface area (Å²) in [4.78, 5) is 5.20. The molecule has 0 amide bonds. The number of hydrogen-bond donors (Lipinski definition) is 1. The largest absolute Gasteiger partial charge is 0.329 e. The van der Waals surface area contributed by atoms with Gasteiger partial charge in [0.15, 0.2) is 0 Å². The highest BCUT2D eigenvalue weighted by atomic mass is 15.3. The SMILES string of the molecule is CCCC(C)C(CN)N1CCN(C(C)(C)C)CC1. The highest BCUT2D eigenvalue weighted by Crippen LogP contribution is 2.21. The van der Waals surface area contributed by atoms with Crippen LogP contribution in [0.3, 0.4) is 0 Å². The molecule has 1 saturated heterocycles. The van der Waals surface area contributed by atoms with Gasteiger partial charge in [0, 0.05) is 44.3 Å². The minimum Gasteiger partial charge on any atom is -0.329 e. The monoisotopic (exact) mass is 255 g/mol. The Bertz CT molecular complexity index is 226. The fourth-order valence-electron chi connectivity index (χ4n) is 3.11. The Morgan fingerprint density at radius 1 is 1.11 bits per heavy atom. The van der Waals surface area contributed by atoms with Crippen molar-refractivity contribution >= 4 is 0 Å². The summed E-state index contributed by atoms with van der Waals surface area (Å²) in [6.45, 7) is 17.1. The van der Waals surface area contributed by atoms with Crippen molar-refractivity contribution in [1.29, 1.82) is 0 Å². The summed E-state index contributed by atoms with van der Waals surface area (Å²) in [5.41, 5.74) is 6.30. The van der Waals surface area contributed by atoms with E-state index in [1.165, 1.54) is 39.0 Å². The standard InChI is InChI=1S/C15H33N3/c1-6-7-13(2)14(12-16)17-8-10-18(11-9-17)15(3,4)5/h13-14H,6-12,16H2,1-5H3. The number of nitrogens with zero attached hydrogens (tertiary/aromatic N) is 2. The predicted molar refractivity (Wildman–Crippen MR) is 79.8 cm³/mol. The van der Waals surface area contributed by atoms with E-state index < -0.39 is 0 Å². The molecular formula is C15H33N3. The summed E-state index contributed by atoms with van der Waals surface area (Å²) in [5.74, 6) is 0.723. The Kier molecular flexibility index (Phi) is 6.09. The van der Waals surface area contributed by atoms with Crippen LogP contribution >= 0.6 is 0 Å². The van der Waals surface area contributed by atoms with Gasteiger partial charge < -0.3 is 5.73 Å². The van der Waals surface area contributed by atoms with E-state index in [2.05, 4.69) is 44.4 Å². The molecule has 0 aromatic carbocycles. The first kappa shape index (κ1) is 15.9. The Morgan fingerprint density at radius 3 is 2.06 bits per heavy atom. The number of hydrogen-bond acceptors (Lipinski definition) is 3. The normalized spacial score (nSPS) is 23.0. The van der Waals surface area contributed by atoms with E-state index in [4.69, 9.17) is 5.73 Å². The van der Waals surface area contributed by atoms with E-state index in [1.807, 2.05) is 0 Å². The van der Waals surface area contributed by atoms with Crippen LogP contribution in [-0.4, -0.2) is 54.1 Å². The summed E-state index contributed by atoms with van der Waals surface area (Å²) in [6, 6.07) is 0.576. The van der Waals surface area contributed by atoms with Crippen molar-refractivity contribution in [2.75, 3.05) is 32.7 Å². The fraction of sp³-hybridized carbons (Fsp3) is 1.00. The van der Waals surface area contributed by atoms with Gasteiger partial charge in [0.2, 0.25) is 0 Å². The van der Waals surface area contributed by atoms with Crippen molar-refractivity contribution < 1.29 is 0 Å². The maximum absolute atomic E-state index is 6.00. The molecule has 0 aromatic heterocycles. The second-order valence-electron chi connectivity index (χ2n) is 6.76. The van der Waals surface area contributed by atoms with Crippen LogP contribution < -0.4 is 5.73 Å². The third kappa shape index (κ3) is 4.22. The van der Waals surface area contributed by atoms with Crippen LogP contribution in [0.4, 0.5) is 0 Å². The van der Waals surface area contributed by atoms with Gasteiger partial charge in [-0.3, -0.25) is 9.80 Å². The highest BCUT2D eigenvalue weighted by molar-refractivity contribution is 4.86. The van der Waals surface area contributed by atoms with E-state index in [-0.39, 0.29) is 0 Å². The van der Waals surface area contributed by atoms with Gasteiger partial charge in [-0.15, -0.1) is 0 Å². The lowest BCUT2D eigenvalue weighted by molar-refractivity contribution is 0.0303. The fourth-order valence-corrected chi connectivity index (χ4v) is 3.11. The molecule has 18 heavy (non-hydrogen) atoms. The molecule has 0 aromatic rings. The first-order valence-corrected chi connectivity index (χ1v) is 7.59. The molecule has 3 heteroatoms. The van der Waals surface area contributed by atoms with Gasteiger partial charge in [-0.25, -0.2) is 0 Å². The lowest BCUT2D eigenvalue weighted by atomic mass is 9.94. The zero-order valence-corrected chi connectivity index (χ0v) is 13.1. The van der Waals surface area contributed by atoms with Crippen molar-refractivity contribution in [3.05, 3.63) is 0 Å². The second-order valence-corrected chi connectivity index (χ2v) is 6.76. The zero-order valence-electron chi connectivity index (χ0n) is 13.1. The molecule has 0 aliphatic carbocycles. The van der Waals surface area contributed by atoms with Gasteiger partial charge in [0.05, 0.1) is 0 Å². The predicted octanol–water partition coefficient (Wildman–Crippen LogP) is 2.17. The van der Waals surface area contributed by atoms with Crippen LogP contribution in [0.15, 0.2) is 0 Å². The Labute approximate surface area is 114 Å². The zero-order chi connectivity index (χ0) is 13.8. The molecule has 108 valence electrons. The van der Waals surface area contributed by atoms with E-state index in [0.29, 0.717) is 11.6 Å². The van der Waals surface area contributed by atoms with Crippen molar-refractivity contribution in [1.82, 2.24) is 9.80 Å².